The van der Waals surface area contributed by atoms with Crippen LogP contribution < -0.4 is 4.90 Å². The molecule has 2 heterocycles. The number of piperidine rings is 1. The molecule has 6 nitrogen and oxygen atoms in total. The standard InChI is InChI=1S/C14H23N3O3S/c1-10(18)13-8-12(17(19)20)14(21-13)16(3)9-11-4-6-15(2)7-5-11/h8,10-11,18H,4-7,9H2,1-3H3/t10-/m1/s1. The van der Waals surface area contributed by atoms with E-state index in [9.17, 15) is 15.2 Å². The number of nitrogens with zero attached hydrogens (tertiary/aromatic N) is 3. The topological polar surface area (TPSA) is 69.8 Å². The first-order chi connectivity index (χ1) is 9.88. The fraction of sp³-hybridized carbons (Fsp3) is 0.714. The van der Waals surface area contributed by atoms with Gasteiger partial charge in [0.15, 0.2) is 5.00 Å². The maximum atomic E-state index is 11.2. The van der Waals surface area contributed by atoms with Crippen LogP contribution in [0.3, 0.4) is 0 Å². The van der Waals surface area contributed by atoms with Crippen molar-refractivity contribution in [1.29, 1.82) is 0 Å². The van der Waals surface area contributed by atoms with E-state index in [1.165, 1.54) is 17.4 Å². The second kappa shape index (κ2) is 6.72. The summed E-state index contributed by atoms with van der Waals surface area (Å²) in [6.07, 6.45) is 1.59. The lowest BCUT2D eigenvalue weighted by molar-refractivity contribution is -0.383. The molecule has 1 aromatic rings. The minimum absolute atomic E-state index is 0.103. The van der Waals surface area contributed by atoms with Crippen LogP contribution >= 0.6 is 11.3 Å². The highest BCUT2D eigenvalue weighted by Crippen LogP contribution is 2.40. The van der Waals surface area contributed by atoms with Gasteiger partial charge in [-0.15, -0.1) is 11.3 Å². The van der Waals surface area contributed by atoms with Gasteiger partial charge in [0.2, 0.25) is 0 Å². The minimum Gasteiger partial charge on any atom is -0.388 e. The number of hydrogen-bond acceptors (Lipinski definition) is 6. The number of nitro groups is 1. The van der Waals surface area contributed by atoms with E-state index in [2.05, 4.69) is 11.9 Å². The molecule has 0 aromatic carbocycles. The minimum atomic E-state index is -0.667. The first kappa shape index (κ1) is 16.2. The lowest BCUT2D eigenvalue weighted by Crippen LogP contribution is -2.35. The summed E-state index contributed by atoms with van der Waals surface area (Å²) in [5, 5.41) is 21.5. The number of thiophene rings is 1. The van der Waals surface area contributed by atoms with Gasteiger partial charge in [0.05, 0.1) is 11.0 Å². The zero-order valence-electron chi connectivity index (χ0n) is 12.8. The number of rotatable bonds is 5. The van der Waals surface area contributed by atoms with Crippen molar-refractivity contribution < 1.29 is 10.0 Å². The van der Waals surface area contributed by atoms with Gasteiger partial charge in [0.25, 0.3) is 0 Å². The molecule has 21 heavy (non-hydrogen) atoms. The summed E-state index contributed by atoms with van der Waals surface area (Å²) in [5.74, 6) is 0.572. The average molecular weight is 313 g/mol. The van der Waals surface area contributed by atoms with Gasteiger partial charge in [-0.3, -0.25) is 10.1 Å². The van der Waals surface area contributed by atoms with Crippen LogP contribution in [0.5, 0.6) is 0 Å². The average Bonchev–Trinajstić information content (AvgIpc) is 2.87. The third-order valence-electron chi connectivity index (χ3n) is 4.04. The predicted octanol–water partition coefficient (Wildman–Crippen LogP) is 2.49. The summed E-state index contributed by atoms with van der Waals surface area (Å²) in [5.41, 5.74) is 0.103. The molecule has 1 saturated heterocycles. The van der Waals surface area contributed by atoms with Gasteiger partial charge in [-0.2, -0.15) is 0 Å². The molecule has 0 aliphatic carbocycles. The lowest BCUT2D eigenvalue weighted by Gasteiger charge is -2.31. The fourth-order valence-corrected chi connectivity index (χ4v) is 3.75. The monoisotopic (exact) mass is 313 g/mol. The van der Waals surface area contributed by atoms with Gasteiger partial charge in [-0.25, -0.2) is 0 Å². The normalized spacial score (nSPS) is 18.7. The van der Waals surface area contributed by atoms with E-state index in [1.54, 1.807) is 6.92 Å². The van der Waals surface area contributed by atoms with Crippen molar-refractivity contribution >= 4 is 22.0 Å². The first-order valence-corrected chi connectivity index (χ1v) is 8.06. The van der Waals surface area contributed by atoms with Crippen LogP contribution in [0.4, 0.5) is 10.7 Å². The Kier molecular flexibility index (Phi) is 5.18. The highest BCUT2D eigenvalue weighted by atomic mass is 32.1. The molecule has 0 bridgehead atoms. The summed E-state index contributed by atoms with van der Waals surface area (Å²) in [4.78, 5) is 15.8. The Hall–Kier alpha value is -1.18. The fourth-order valence-electron chi connectivity index (χ4n) is 2.71. The second-order valence-electron chi connectivity index (χ2n) is 5.90. The van der Waals surface area contributed by atoms with Crippen molar-refractivity contribution in [2.75, 3.05) is 38.6 Å². The second-order valence-corrected chi connectivity index (χ2v) is 6.96. The molecule has 1 fully saturated rings. The third kappa shape index (κ3) is 3.93. The van der Waals surface area contributed by atoms with Crippen LogP contribution in [-0.2, 0) is 0 Å². The molecule has 118 valence electrons. The van der Waals surface area contributed by atoms with Gasteiger partial charge in [-0.05, 0) is 45.8 Å². The molecule has 1 aromatic heterocycles. The number of likely N-dealkylation sites (tertiary alicyclic amines) is 1. The highest BCUT2D eigenvalue weighted by Gasteiger charge is 2.26. The van der Waals surface area contributed by atoms with Crippen molar-refractivity contribution in [1.82, 2.24) is 4.90 Å². The van der Waals surface area contributed by atoms with Crippen molar-refractivity contribution in [2.24, 2.45) is 5.92 Å². The van der Waals surface area contributed by atoms with Crippen LogP contribution in [0.25, 0.3) is 0 Å². The Balaban J connectivity index is 2.10. The SMILES string of the molecule is C[C@@H](O)c1cc([N+](=O)[O-])c(N(C)CC2CCN(C)CC2)s1. The molecular weight excluding hydrogens is 290 g/mol. The molecule has 0 amide bonds. The van der Waals surface area contributed by atoms with Crippen LogP contribution in [-0.4, -0.2) is 48.7 Å². The molecule has 1 aliphatic rings. The Labute approximate surface area is 129 Å². The summed E-state index contributed by atoms with van der Waals surface area (Å²) >= 11 is 1.32. The third-order valence-corrected chi connectivity index (χ3v) is 5.45. The van der Waals surface area contributed by atoms with E-state index in [1.807, 2.05) is 11.9 Å². The first-order valence-electron chi connectivity index (χ1n) is 7.24. The molecule has 1 aliphatic heterocycles. The Bertz CT molecular complexity index is 496. The van der Waals surface area contributed by atoms with E-state index in [0.29, 0.717) is 15.8 Å². The predicted molar refractivity (Wildman–Crippen MR) is 85.1 cm³/mol. The maximum absolute atomic E-state index is 11.2. The smallest absolute Gasteiger partial charge is 0.304 e. The molecule has 0 radical (unpaired) electrons. The zero-order valence-corrected chi connectivity index (χ0v) is 13.6. The van der Waals surface area contributed by atoms with Crippen LogP contribution in [0.15, 0.2) is 6.07 Å². The lowest BCUT2D eigenvalue weighted by atomic mass is 9.97. The van der Waals surface area contributed by atoms with Crippen LogP contribution in [0.1, 0.15) is 30.7 Å². The van der Waals surface area contributed by atoms with Gasteiger partial charge in [0, 0.05) is 24.5 Å². The zero-order chi connectivity index (χ0) is 15.6. The maximum Gasteiger partial charge on any atom is 0.304 e. The Morgan fingerprint density at radius 1 is 1.57 bits per heavy atom. The molecular formula is C14H23N3O3S. The largest absolute Gasteiger partial charge is 0.388 e. The number of aliphatic hydroxyl groups is 1. The van der Waals surface area contributed by atoms with Gasteiger partial charge < -0.3 is 14.9 Å². The summed E-state index contributed by atoms with van der Waals surface area (Å²) < 4.78 is 0. The number of aliphatic hydroxyl groups excluding tert-OH is 1. The van der Waals surface area contributed by atoms with Gasteiger partial charge in [0.1, 0.15) is 0 Å². The summed E-state index contributed by atoms with van der Waals surface area (Å²) in [6.45, 7) is 4.64. The number of anilines is 1. The van der Waals surface area contributed by atoms with E-state index >= 15 is 0 Å². The molecule has 0 unspecified atom stereocenters. The van der Waals surface area contributed by atoms with E-state index < -0.39 is 6.10 Å². The van der Waals surface area contributed by atoms with Crippen molar-refractivity contribution in [3.05, 3.63) is 21.1 Å². The van der Waals surface area contributed by atoms with Crippen LogP contribution in [0.2, 0.25) is 0 Å². The van der Waals surface area contributed by atoms with E-state index in [0.717, 1.165) is 32.5 Å². The Morgan fingerprint density at radius 2 is 2.19 bits per heavy atom. The Morgan fingerprint density at radius 3 is 2.71 bits per heavy atom. The quantitative estimate of drug-likeness (QED) is 0.668. The summed E-state index contributed by atoms with van der Waals surface area (Å²) in [6, 6.07) is 1.50. The molecule has 1 N–H and O–H groups in total. The molecule has 0 spiro atoms. The van der Waals surface area contributed by atoms with Crippen molar-refractivity contribution in [2.45, 2.75) is 25.9 Å². The molecule has 0 saturated carbocycles. The summed E-state index contributed by atoms with van der Waals surface area (Å²) in [7, 11) is 4.03. The van der Waals surface area contributed by atoms with E-state index in [4.69, 9.17) is 0 Å². The van der Waals surface area contributed by atoms with E-state index in [-0.39, 0.29) is 10.6 Å². The van der Waals surface area contributed by atoms with Crippen molar-refractivity contribution in [3.8, 4) is 0 Å². The molecule has 7 heteroatoms. The number of hydrogen-bond donors (Lipinski definition) is 1. The van der Waals surface area contributed by atoms with Crippen LogP contribution in [0, 0.1) is 16.0 Å². The molecule has 2 rings (SSSR count). The van der Waals surface area contributed by atoms with Gasteiger partial charge in [-0.1, -0.05) is 0 Å². The van der Waals surface area contributed by atoms with Crippen molar-refractivity contribution in [3.63, 3.8) is 0 Å². The van der Waals surface area contributed by atoms with Gasteiger partial charge >= 0.3 is 5.69 Å². The highest BCUT2D eigenvalue weighted by molar-refractivity contribution is 7.16. The molecule has 1 atom stereocenters.